The third-order valence-electron chi connectivity index (χ3n) is 20.9. The smallest absolute Gasteiger partial charge is 0.249 e. The van der Waals surface area contributed by atoms with Crippen molar-refractivity contribution in [2.24, 2.45) is 57.5 Å². The number of nitrogens with two attached hydrogens (primary N) is 9. The van der Waals surface area contributed by atoms with Crippen molar-refractivity contribution in [3.63, 3.8) is 0 Å². The van der Waals surface area contributed by atoms with Gasteiger partial charge >= 0.3 is 0 Å². The Labute approximate surface area is 774 Å². The van der Waals surface area contributed by atoms with Crippen LogP contribution in [0.15, 0.2) is 0 Å². The standard InChI is InChI=1S/C76H141N37O19S/c1-4-39(2)56(68(130)107-48(20-11-29-96-75(88)89)65(127)111-59(121)42(79)38-133)110-64(126)47(19-10-28-95-74(86)87)104-63(125)46(18-9-27-94-73(84)85)103-53(117)34-98-60(122)43(15-5-6-24-77)102-52(116)33-99-62(124)45(17-8-26-93-72(82)83)106-69(131)57(40(3)115)109-54(118)35-100-61(123)44(16-7-25-92-71(80)81)105-67(129)51-23-14-32-113(51)70(132)49(21-12-30-97-76(90)91)108-66(128)50-22-13-31-112(50)55(119)36-101-58(120)41(78)37-114/h39-51,56-57,114-115,133H,4-38,77-79H2,1-3H3,(H,98,122)(H,99,124)(H,100,123)(H,101,120)(H,102,116)(H,103,117)(H,104,125)(H,105,129)(H,106,131)(H,107,130)(H,108,128)(H,109,118)(H,110,126)(H4,80,81,92)(H4,82,83,93)(H4,84,85,94)(H4,86,87,95)(H4,88,89,96)(H4,90,91,97)(H,111,121,127)/t39-,40+,41-,42-,43-,44-,45-,46-,47-,48-,49-,50+,51+,56-,57-/m0/s1. The predicted molar refractivity (Wildman–Crippen MR) is 488 cm³/mol. The van der Waals surface area contributed by atoms with Gasteiger partial charge in [-0.15, -0.1) is 0 Å². The van der Waals surface area contributed by atoms with Crippen molar-refractivity contribution in [3.8, 4) is 0 Å². The van der Waals surface area contributed by atoms with E-state index in [0.717, 1.165) is 6.92 Å². The lowest BCUT2D eigenvalue weighted by Gasteiger charge is -2.31. The van der Waals surface area contributed by atoms with Crippen LogP contribution in [-0.4, -0.2) is 338 Å². The molecule has 2 heterocycles. The van der Waals surface area contributed by atoms with Gasteiger partial charge in [0.15, 0.2) is 35.8 Å². The Balaban J connectivity index is 2.38. The summed E-state index contributed by atoms with van der Waals surface area (Å²) < 4.78 is 0. The maximum atomic E-state index is 14.6. The zero-order valence-electron chi connectivity index (χ0n) is 75.3. The molecule has 17 amide bonds. The first kappa shape index (κ1) is 116. The van der Waals surface area contributed by atoms with E-state index < -0.39 is 248 Å². The summed E-state index contributed by atoms with van der Waals surface area (Å²) in [6.45, 7) is 1.03. The molecule has 2 rings (SSSR count). The van der Waals surface area contributed by atoms with Crippen LogP contribution in [-0.2, 0) is 81.5 Å². The quantitative estimate of drug-likeness (QED) is 0.0116. The second kappa shape index (κ2) is 63.1. The molecule has 0 aromatic rings. The molecule has 2 saturated heterocycles. The number of hydrogen-bond donors (Lipinski definition) is 38. The van der Waals surface area contributed by atoms with Crippen molar-refractivity contribution in [1.29, 1.82) is 32.5 Å². The Hall–Kier alpha value is -13.0. The Morgan fingerprint density at radius 2 is 0.707 bits per heavy atom. The Morgan fingerprint density at radius 3 is 1.11 bits per heavy atom. The van der Waals surface area contributed by atoms with E-state index in [1.54, 1.807) is 13.8 Å². The van der Waals surface area contributed by atoms with Crippen LogP contribution in [0.4, 0.5) is 0 Å². The first-order chi connectivity index (χ1) is 62.9. The molecule has 0 aromatic heterocycles. The zero-order valence-corrected chi connectivity index (χ0v) is 76.2. The molecule has 0 spiro atoms. The van der Waals surface area contributed by atoms with Crippen LogP contribution in [0.2, 0.25) is 0 Å². The van der Waals surface area contributed by atoms with Crippen LogP contribution in [0, 0.1) is 38.4 Å². The Morgan fingerprint density at radius 1 is 0.376 bits per heavy atom. The van der Waals surface area contributed by atoms with Gasteiger partial charge in [-0.25, -0.2) is 0 Å². The van der Waals surface area contributed by atoms with E-state index in [9.17, 15) is 91.7 Å². The van der Waals surface area contributed by atoms with Crippen LogP contribution in [0.1, 0.15) is 149 Å². The van der Waals surface area contributed by atoms with Gasteiger partial charge in [0, 0.05) is 58.1 Å². The molecule has 0 aromatic carbocycles. The fourth-order valence-electron chi connectivity index (χ4n) is 13.5. The summed E-state index contributed by atoms with van der Waals surface area (Å²) >= 11 is 4.00. The molecule has 2 aliphatic heterocycles. The van der Waals surface area contributed by atoms with Gasteiger partial charge in [-0.1, -0.05) is 20.3 Å². The second-order valence-corrected chi connectivity index (χ2v) is 32.0. The molecule has 2 aliphatic rings. The number of guanidine groups is 6. The summed E-state index contributed by atoms with van der Waals surface area (Å²) in [5, 5.41) is 116. The number of nitrogens with one attached hydrogen (secondary N) is 26. The SMILES string of the molecule is CC[C@H](C)[C@H](NC(=O)[C@H](CCCNC(=N)N)NC(=O)[C@H](CCCNC(=N)N)NC(=O)CNC(=O)[C@H](CCCCN)NC(=O)CNC(=O)[C@H](CCCNC(=N)N)NC(=O)[C@@H](NC(=O)CNC(=O)[C@H](CCCNC(=N)N)NC(=O)[C@H]1CCCN1C(=O)[C@H](CCCNC(=N)N)NC(=O)[C@H]1CCCN1C(=O)CNC(=O)[C@@H](N)CO)[C@@H](C)O)C(=O)N[C@@H](CCCNC(=N)N)C(=O)NC(=O)[C@@H](N)CS. The number of thiol groups is 1. The molecule has 0 aliphatic carbocycles. The first-order valence-electron chi connectivity index (χ1n) is 43.7. The number of nitrogens with zero attached hydrogens (tertiary/aromatic N) is 2. The highest BCUT2D eigenvalue weighted by molar-refractivity contribution is 7.80. The lowest BCUT2D eigenvalue weighted by atomic mass is 9.96. The van der Waals surface area contributed by atoms with Crippen molar-refractivity contribution in [2.75, 3.05) is 97.4 Å². The number of unbranched alkanes of at least 4 members (excludes halogenated alkanes) is 1. The number of likely N-dealkylation sites (tertiary alicyclic amines) is 2. The van der Waals surface area contributed by atoms with Gasteiger partial charge in [-0.05, 0) is 141 Å². The number of imide groups is 1. The largest absolute Gasteiger partial charge is 0.394 e. The third-order valence-corrected chi connectivity index (χ3v) is 21.3. The molecular formula is C76H141N37O19S. The van der Waals surface area contributed by atoms with Gasteiger partial charge < -0.3 is 173 Å². The van der Waals surface area contributed by atoms with Gasteiger partial charge in [0.2, 0.25) is 100 Å². The Kier molecular flexibility index (Phi) is 55.1. The highest BCUT2D eigenvalue weighted by atomic mass is 32.1. The summed E-state index contributed by atoms with van der Waals surface area (Å²) in [4.78, 5) is 238. The zero-order chi connectivity index (χ0) is 100.0. The van der Waals surface area contributed by atoms with E-state index in [1.807, 2.05) is 0 Å². The van der Waals surface area contributed by atoms with Crippen LogP contribution >= 0.6 is 12.6 Å². The fourth-order valence-corrected chi connectivity index (χ4v) is 13.7. The van der Waals surface area contributed by atoms with Gasteiger partial charge in [0.25, 0.3) is 0 Å². The monoisotopic (exact) mass is 1910 g/mol. The summed E-state index contributed by atoms with van der Waals surface area (Å²) in [6.07, 6.45) is -0.493. The van der Waals surface area contributed by atoms with Crippen LogP contribution in [0.3, 0.4) is 0 Å². The number of carbonyl (C=O) groups is 17. The van der Waals surface area contributed by atoms with Crippen molar-refractivity contribution in [2.45, 2.75) is 234 Å². The summed E-state index contributed by atoms with van der Waals surface area (Å²) in [6, 6.07) is -18.2. The molecule has 57 heteroatoms. The van der Waals surface area contributed by atoms with Crippen molar-refractivity contribution >= 4 is 149 Å². The van der Waals surface area contributed by atoms with Crippen molar-refractivity contribution < 1.29 is 91.7 Å². The average molecular weight is 1910 g/mol. The van der Waals surface area contributed by atoms with Gasteiger partial charge in [-0.3, -0.25) is 119 Å². The molecular weight excluding hydrogens is 1770 g/mol. The molecule has 2 fully saturated rings. The number of hydrogen-bond acceptors (Lipinski definition) is 29. The molecule has 46 N–H and O–H groups in total. The molecule has 56 nitrogen and oxygen atoms in total. The summed E-state index contributed by atoms with van der Waals surface area (Å²) in [5.74, 6) is -18.7. The molecule has 0 saturated carbocycles. The van der Waals surface area contributed by atoms with Gasteiger partial charge in [0.05, 0.1) is 44.9 Å². The second-order valence-electron chi connectivity index (χ2n) is 31.6. The molecule has 15 atom stereocenters. The number of aliphatic hydroxyl groups is 2. The van der Waals surface area contributed by atoms with E-state index in [0.29, 0.717) is 12.8 Å². The van der Waals surface area contributed by atoms with E-state index in [2.05, 4.69) is 119 Å². The Bertz CT molecular complexity index is 3970. The normalized spacial score (nSPS) is 16.1. The van der Waals surface area contributed by atoms with Crippen LogP contribution < -0.4 is 158 Å². The van der Waals surface area contributed by atoms with Crippen LogP contribution in [0.25, 0.3) is 0 Å². The molecule has 0 radical (unpaired) electrons. The fraction of sp³-hybridized carbons (Fsp3) is 0.697. The number of aliphatic hydroxyl groups excluding tert-OH is 2. The highest BCUT2D eigenvalue weighted by Crippen LogP contribution is 2.23. The summed E-state index contributed by atoms with van der Waals surface area (Å²) in [7, 11) is 0. The highest BCUT2D eigenvalue weighted by Gasteiger charge is 2.43. The predicted octanol–water partition coefficient (Wildman–Crippen LogP) is -14.8. The molecule has 750 valence electrons. The molecule has 0 unspecified atom stereocenters. The lowest BCUT2D eigenvalue weighted by molar-refractivity contribution is -0.144. The van der Waals surface area contributed by atoms with Gasteiger partial charge in [-0.2, -0.15) is 12.6 Å². The third kappa shape index (κ3) is 46.1. The minimum Gasteiger partial charge on any atom is -0.394 e. The number of carbonyl (C=O) groups excluding carboxylic acids is 17. The number of rotatable bonds is 63. The average Bonchev–Trinajstić information content (AvgIpc) is 1.65. The molecule has 133 heavy (non-hydrogen) atoms. The van der Waals surface area contributed by atoms with E-state index >= 15 is 0 Å². The maximum absolute atomic E-state index is 14.6. The minimum atomic E-state index is -1.86. The maximum Gasteiger partial charge on any atom is 0.249 e. The minimum absolute atomic E-state index is 0.000658. The van der Waals surface area contributed by atoms with E-state index in [4.69, 9.17) is 84.1 Å². The first-order valence-corrected chi connectivity index (χ1v) is 44.4. The summed E-state index contributed by atoms with van der Waals surface area (Å²) in [5.41, 5.74) is 49.9. The van der Waals surface area contributed by atoms with Crippen LogP contribution in [0.5, 0.6) is 0 Å². The van der Waals surface area contributed by atoms with Gasteiger partial charge in [0.1, 0.15) is 72.5 Å². The topological polar surface area (TPSA) is 955 Å². The number of amides is 17. The molecule has 0 bridgehead atoms. The lowest BCUT2D eigenvalue weighted by Crippen LogP contribution is -2.60. The van der Waals surface area contributed by atoms with Crippen molar-refractivity contribution in [1.82, 2.24) is 116 Å². The van der Waals surface area contributed by atoms with E-state index in [-0.39, 0.29) is 192 Å². The van der Waals surface area contributed by atoms with Crippen molar-refractivity contribution in [3.05, 3.63) is 0 Å². The van der Waals surface area contributed by atoms with E-state index in [1.165, 1.54) is 9.80 Å².